The van der Waals surface area contributed by atoms with Crippen molar-refractivity contribution >= 4 is 28.8 Å². The minimum atomic E-state index is -0.264. The molecule has 1 aromatic carbocycles. The summed E-state index contributed by atoms with van der Waals surface area (Å²) in [6, 6.07) is 8.66. The number of furan rings is 1. The number of benzene rings is 1. The van der Waals surface area contributed by atoms with Gasteiger partial charge in [-0.1, -0.05) is 30.4 Å². The summed E-state index contributed by atoms with van der Waals surface area (Å²) >= 11 is 0. The van der Waals surface area contributed by atoms with Crippen LogP contribution in [0.5, 0.6) is 0 Å². The molecule has 1 atom stereocenters. The van der Waals surface area contributed by atoms with E-state index >= 15 is 0 Å². The molecule has 1 N–H and O–H groups in total. The number of aliphatic hydroxyl groups is 1. The number of amides is 2. The maximum Gasteiger partial charge on any atom is 0.294 e. The van der Waals surface area contributed by atoms with Crippen LogP contribution in [-0.2, 0) is 4.79 Å². The van der Waals surface area contributed by atoms with Gasteiger partial charge in [0.2, 0.25) is 5.91 Å². The van der Waals surface area contributed by atoms with Crippen molar-refractivity contribution in [3.05, 3.63) is 78.0 Å². The molecule has 2 amide bonds. The first-order valence-electron chi connectivity index (χ1n) is 9.52. The topological polar surface area (TPSA) is 74.0 Å². The smallest absolute Gasteiger partial charge is 0.294 e. The lowest BCUT2D eigenvalue weighted by Crippen LogP contribution is -2.51. The van der Waals surface area contributed by atoms with Crippen LogP contribution >= 0.6 is 0 Å². The highest BCUT2D eigenvalue weighted by Crippen LogP contribution is 2.39. The Kier molecular flexibility index (Phi) is 4.84. The van der Waals surface area contributed by atoms with Gasteiger partial charge in [0.05, 0.1) is 23.7 Å². The zero-order chi connectivity index (χ0) is 20.5. The second-order valence-corrected chi connectivity index (χ2v) is 7.19. The average molecular weight is 390 g/mol. The number of aliphatic hydroxyl groups excluding tert-OH is 1. The van der Waals surface area contributed by atoms with E-state index in [0.29, 0.717) is 29.9 Å². The van der Waals surface area contributed by atoms with Gasteiger partial charge < -0.3 is 19.3 Å². The van der Waals surface area contributed by atoms with Gasteiger partial charge in [0.15, 0.2) is 5.76 Å². The van der Waals surface area contributed by atoms with E-state index in [0.717, 1.165) is 5.56 Å². The molecule has 148 valence electrons. The molecule has 6 heteroatoms. The quantitative estimate of drug-likeness (QED) is 0.821. The average Bonchev–Trinajstić information content (AvgIpc) is 3.15. The molecule has 2 heterocycles. The molecule has 0 saturated heterocycles. The maximum atomic E-state index is 13.1. The van der Waals surface area contributed by atoms with Crippen molar-refractivity contribution in [1.29, 1.82) is 0 Å². The van der Waals surface area contributed by atoms with E-state index in [1.807, 2.05) is 49.4 Å². The van der Waals surface area contributed by atoms with Crippen LogP contribution in [0, 0.1) is 0 Å². The molecule has 0 radical (unpaired) electrons. The molecule has 1 unspecified atom stereocenters. The Bertz CT molecular complexity index is 1050. The van der Waals surface area contributed by atoms with Crippen molar-refractivity contribution in [3.8, 4) is 0 Å². The van der Waals surface area contributed by atoms with Crippen molar-refractivity contribution in [2.75, 3.05) is 16.3 Å². The Morgan fingerprint density at radius 3 is 2.72 bits per heavy atom. The summed E-state index contributed by atoms with van der Waals surface area (Å²) < 4.78 is 5.31. The summed E-state index contributed by atoms with van der Waals surface area (Å²) in [4.78, 5) is 28.7. The van der Waals surface area contributed by atoms with Crippen molar-refractivity contribution < 1.29 is 19.1 Å². The fourth-order valence-electron chi connectivity index (χ4n) is 3.88. The van der Waals surface area contributed by atoms with Gasteiger partial charge in [-0.3, -0.25) is 9.59 Å². The molecule has 4 rings (SSSR count). The summed E-state index contributed by atoms with van der Waals surface area (Å²) in [6.45, 7) is 3.78. The predicted octanol–water partition coefficient (Wildman–Crippen LogP) is 4.47. The molecule has 0 spiro atoms. The van der Waals surface area contributed by atoms with Gasteiger partial charge in [-0.05, 0) is 36.8 Å². The molecule has 0 saturated carbocycles. The first kappa shape index (κ1) is 18.8. The van der Waals surface area contributed by atoms with Crippen molar-refractivity contribution in [2.45, 2.75) is 26.3 Å². The third kappa shape index (κ3) is 3.38. The molecule has 0 fully saturated rings. The molecule has 0 bridgehead atoms. The molecular weight excluding hydrogens is 368 g/mol. The van der Waals surface area contributed by atoms with Crippen molar-refractivity contribution in [2.24, 2.45) is 0 Å². The number of nitrogens with zero attached hydrogens (tertiary/aromatic N) is 2. The minimum Gasteiger partial charge on any atom is -0.511 e. The van der Waals surface area contributed by atoms with Crippen LogP contribution in [0.15, 0.2) is 71.1 Å². The number of allylic oxidation sites excluding steroid dienone is 5. The zero-order valence-corrected chi connectivity index (χ0v) is 16.3. The number of carbonyl (C=O) groups is 2. The van der Waals surface area contributed by atoms with Crippen LogP contribution in [-0.4, -0.2) is 29.5 Å². The van der Waals surface area contributed by atoms with Crippen molar-refractivity contribution in [1.82, 2.24) is 0 Å². The lowest BCUT2D eigenvalue weighted by atomic mass is 9.99. The number of fused-ring (bicyclic) bond motifs is 1. The normalized spacial score (nSPS) is 18.6. The minimum absolute atomic E-state index is 0.0859. The SMILES string of the molecule is CC(=O)N1c2ccc(C3=C(O)CC=CC=C3)cc2N(C(=O)c2ccco2)CC1C. The third-order valence-corrected chi connectivity index (χ3v) is 5.17. The number of carbonyl (C=O) groups excluding carboxylic acids is 2. The first-order valence-corrected chi connectivity index (χ1v) is 9.52. The second kappa shape index (κ2) is 7.47. The van der Waals surface area contributed by atoms with E-state index < -0.39 is 0 Å². The largest absolute Gasteiger partial charge is 0.511 e. The lowest BCUT2D eigenvalue weighted by molar-refractivity contribution is -0.117. The Labute approximate surface area is 169 Å². The Morgan fingerprint density at radius 1 is 1.17 bits per heavy atom. The Hall–Kier alpha value is -3.54. The molecule has 29 heavy (non-hydrogen) atoms. The van der Waals surface area contributed by atoms with E-state index in [1.165, 1.54) is 13.2 Å². The standard InChI is InChI=1S/C23H22N2O4/c1-15-14-24(23(28)22-9-6-12-29-22)20-13-17(10-11-19(20)25(15)16(2)26)18-7-4-3-5-8-21(18)27/h3-7,9-13,15,27H,8,14H2,1-2H3. The van der Waals surface area contributed by atoms with Crippen LogP contribution in [0.1, 0.15) is 36.4 Å². The van der Waals surface area contributed by atoms with Gasteiger partial charge in [-0.25, -0.2) is 0 Å². The highest BCUT2D eigenvalue weighted by Gasteiger charge is 2.35. The second-order valence-electron chi connectivity index (χ2n) is 7.19. The number of rotatable bonds is 2. The monoisotopic (exact) mass is 390 g/mol. The van der Waals surface area contributed by atoms with Crippen LogP contribution < -0.4 is 9.80 Å². The van der Waals surface area contributed by atoms with Gasteiger partial charge in [0, 0.05) is 25.5 Å². The third-order valence-electron chi connectivity index (χ3n) is 5.17. The fraction of sp³-hybridized carbons (Fsp3) is 0.217. The number of hydrogen-bond donors (Lipinski definition) is 1. The van der Waals surface area contributed by atoms with Crippen LogP contribution in [0.3, 0.4) is 0 Å². The molecule has 2 aliphatic rings. The number of hydrogen-bond acceptors (Lipinski definition) is 4. The Balaban J connectivity index is 1.85. The lowest BCUT2D eigenvalue weighted by Gasteiger charge is -2.40. The molecule has 1 aromatic heterocycles. The van der Waals surface area contributed by atoms with Crippen LogP contribution in [0.4, 0.5) is 11.4 Å². The van der Waals surface area contributed by atoms with Crippen LogP contribution in [0.25, 0.3) is 5.57 Å². The van der Waals surface area contributed by atoms with Gasteiger partial charge >= 0.3 is 0 Å². The predicted molar refractivity (Wildman–Crippen MR) is 112 cm³/mol. The van der Waals surface area contributed by atoms with E-state index in [9.17, 15) is 14.7 Å². The molecule has 2 aromatic rings. The Morgan fingerprint density at radius 2 is 2.00 bits per heavy atom. The molecule has 1 aliphatic carbocycles. The van der Waals surface area contributed by atoms with Crippen molar-refractivity contribution in [3.63, 3.8) is 0 Å². The molecule has 1 aliphatic heterocycles. The maximum absolute atomic E-state index is 13.1. The van der Waals surface area contributed by atoms with Gasteiger partial charge in [0.25, 0.3) is 5.91 Å². The van der Waals surface area contributed by atoms with Crippen LogP contribution in [0.2, 0.25) is 0 Å². The fourth-order valence-corrected chi connectivity index (χ4v) is 3.88. The van der Waals surface area contributed by atoms with Gasteiger partial charge in [0.1, 0.15) is 5.76 Å². The van der Waals surface area contributed by atoms with E-state index in [1.54, 1.807) is 21.9 Å². The zero-order valence-electron chi connectivity index (χ0n) is 16.3. The number of anilines is 2. The highest BCUT2D eigenvalue weighted by atomic mass is 16.3. The van der Waals surface area contributed by atoms with E-state index in [-0.39, 0.29) is 29.4 Å². The summed E-state index contributed by atoms with van der Waals surface area (Å²) in [7, 11) is 0. The van der Waals surface area contributed by atoms with Gasteiger partial charge in [-0.15, -0.1) is 0 Å². The first-order chi connectivity index (χ1) is 14.0. The summed E-state index contributed by atoms with van der Waals surface area (Å²) in [5.41, 5.74) is 2.74. The summed E-state index contributed by atoms with van der Waals surface area (Å²) in [6.07, 6.45) is 9.37. The summed E-state index contributed by atoms with van der Waals surface area (Å²) in [5, 5.41) is 10.4. The molecular formula is C23H22N2O4. The van der Waals surface area contributed by atoms with Gasteiger partial charge in [-0.2, -0.15) is 0 Å². The van der Waals surface area contributed by atoms with E-state index in [4.69, 9.17) is 4.42 Å². The molecule has 6 nitrogen and oxygen atoms in total. The van der Waals surface area contributed by atoms with E-state index in [2.05, 4.69) is 0 Å². The summed E-state index contributed by atoms with van der Waals surface area (Å²) in [5.74, 6) is 0.147. The highest BCUT2D eigenvalue weighted by molar-refractivity contribution is 6.09.